The molecule has 0 radical (unpaired) electrons. The molecular formula is C21H29N3O2. The van der Waals surface area contributed by atoms with Crippen molar-refractivity contribution in [2.45, 2.75) is 39.0 Å². The first-order valence-electron chi connectivity index (χ1n) is 10.0. The molecule has 1 aromatic rings. The molecule has 2 heterocycles. The lowest BCUT2D eigenvalue weighted by molar-refractivity contribution is -0.150. The molecule has 140 valence electrons. The van der Waals surface area contributed by atoms with Crippen molar-refractivity contribution in [3.63, 3.8) is 0 Å². The zero-order chi connectivity index (χ0) is 18.1. The van der Waals surface area contributed by atoms with Crippen molar-refractivity contribution in [3.05, 3.63) is 29.8 Å². The van der Waals surface area contributed by atoms with Crippen LogP contribution in [0.25, 0.3) is 0 Å². The number of piperidine rings is 1. The van der Waals surface area contributed by atoms with Crippen LogP contribution in [0, 0.1) is 12.3 Å². The van der Waals surface area contributed by atoms with Gasteiger partial charge in [-0.3, -0.25) is 9.59 Å². The molecule has 0 unspecified atom stereocenters. The summed E-state index contributed by atoms with van der Waals surface area (Å²) in [7, 11) is 0. The normalized spacial score (nSPS) is 22.3. The van der Waals surface area contributed by atoms with Gasteiger partial charge in [-0.25, -0.2) is 0 Å². The molecule has 4 rings (SSSR count). The third-order valence-electron chi connectivity index (χ3n) is 6.15. The number of carbonyl (C=O) groups excluding carboxylic acids is 2. The number of hydrogen-bond acceptors (Lipinski definition) is 3. The summed E-state index contributed by atoms with van der Waals surface area (Å²) in [5, 5.41) is 0. The first-order chi connectivity index (χ1) is 12.6. The van der Waals surface area contributed by atoms with E-state index >= 15 is 0 Å². The van der Waals surface area contributed by atoms with Crippen LogP contribution in [-0.4, -0.2) is 60.9 Å². The molecule has 3 aliphatic rings. The van der Waals surface area contributed by atoms with Gasteiger partial charge in [0.05, 0.1) is 0 Å². The largest absolute Gasteiger partial charge is 0.368 e. The lowest BCUT2D eigenvalue weighted by atomic mass is 10.00. The summed E-state index contributed by atoms with van der Waals surface area (Å²) < 4.78 is 0. The van der Waals surface area contributed by atoms with Gasteiger partial charge in [0.25, 0.3) is 0 Å². The molecule has 1 saturated carbocycles. The monoisotopic (exact) mass is 355 g/mol. The highest BCUT2D eigenvalue weighted by molar-refractivity contribution is 6.08. The molecule has 0 bridgehead atoms. The second-order valence-electron chi connectivity index (χ2n) is 8.05. The van der Waals surface area contributed by atoms with Gasteiger partial charge in [0, 0.05) is 45.0 Å². The molecule has 2 amide bonds. The second kappa shape index (κ2) is 6.93. The van der Waals surface area contributed by atoms with Crippen LogP contribution in [0.4, 0.5) is 5.69 Å². The van der Waals surface area contributed by atoms with Crippen molar-refractivity contribution in [2.24, 2.45) is 5.41 Å². The minimum Gasteiger partial charge on any atom is -0.368 e. The van der Waals surface area contributed by atoms with Gasteiger partial charge < -0.3 is 14.7 Å². The van der Waals surface area contributed by atoms with Gasteiger partial charge in [-0.15, -0.1) is 0 Å². The SMILES string of the molecule is Cc1cccc(N2CCN(C(=O)C3(C(=O)N4CCCCC4)CC3)CC2)c1. The Balaban J connectivity index is 1.38. The summed E-state index contributed by atoms with van der Waals surface area (Å²) in [5.41, 5.74) is 1.76. The van der Waals surface area contributed by atoms with Crippen LogP contribution in [0.3, 0.4) is 0 Å². The molecule has 2 saturated heterocycles. The fraction of sp³-hybridized carbons (Fsp3) is 0.619. The first kappa shape index (κ1) is 17.4. The number of carbonyl (C=O) groups is 2. The lowest BCUT2D eigenvalue weighted by Gasteiger charge is -2.38. The predicted molar refractivity (Wildman–Crippen MR) is 102 cm³/mol. The van der Waals surface area contributed by atoms with E-state index in [4.69, 9.17) is 0 Å². The first-order valence-corrected chi connectivity index (χ1v) is 10.0. The second-order valence-corrected chi connectivity index (χ2v) is 8.05. The Kier molecular flexibility index (Phi) is 4.63. The van der Waals surface area contributed by atoms with E-state index in [9.17, 15) is 9.59 Å². The van der Waals surface area contributed by atoms with E-state index in [0.717, 1.165) is 51.9 Å². The van der Waals surface area contributed by atoms with E-state index in [1.165, 1.54) is 17.7 Å². The number of amides is 2. The molecule has 0 aromatic heterocycles. The van der Waals surface area contributed by atoms with Gasteiger partial charge in [0.15, 0.2) is 0 Å². The summed E-state index contributed by atoms with van der Waals surface area (Å²) >= 11 is 0. The number of nitrogens with zero attached hydrogens (tertiary/aromatic N) is 3. The van der Waals surface area contributed by atoms with E-state index in [1.807, 2.05) is 9.80 Å². The maximum Gasteiger partial charge on any atom is 0.238 e. The minimum absolute atomic E-state index is 0.0805. The summed E-state index contributed by atoms with van der Waals surface area (Å²) in [4.78, 5) is 32.3. The Labute approximate surface area is 155 Å². The molecule has 5 nitrogen and oxygen atoms in total. The van der Waals surface area contributed by atoms with Gasteiger partial charge in [-0.2, -0.15) is 0 Å². The van der Waals surface area contributed by atoms with Crippen LogP contribution < -0.4 is 4.90 Å². The van der Waals surface area contributed by atoms with Gasteiger partial charge in [-0.05, 0) is 56.7 Å². The van der Waals surface area contributed by atoms with E-state index in [1.54, 1.807) is 0 Å². The molecule has 3 fully saturated rings. The molecule has 0 N–H and O–H groups in total. The molecule has 5 heteroatoms. The molecule has 1 aliphatic carbocycles. The number of rotatable bonds is 3. The van der Waals surface area contributed by atoms with E-state index < -0.39 is 5.41 Å². The van der Waals surface area contributed by atoms with E-state index in [2.05, 4.69) is 36.1 Å². The average molecular weight is 355 g/mol. The average Bonchev–Trinajstić information content (AvgIpc) is 3.50. The van der Waals surface area contributed by atoms with Crippen molar-refractivity contribution >= 4 is 17.5 Å². The van der Waals surface area contributed by atoms with Crippen molar-refractivity contribution < 1.29 is 9.59 Å². The Bertz CT molecular complexity index is 684. The van der Waals surface area contributed by atoms with E-state index in [-0.39, 0.29) is 11.8 Å². The summed E-state index contributed by atoms with van der Waals surface area (Å²) in [6.45, 7) is 6.85. The van der Waals surface area contributed by atoms with Crippen LogP contribution in [-0.2, 0) is 9.59 Å². The third kappa shape index (κ3) is 3.19. The fourth-order valence-corrected chi connectivity index (χ4v) is 4.34. The van der Waals surface area contributed by atoms with Gasteiger partial charge in [0.2, 0.25) is 11.8 Å². The number of aryl methyl sites for hydroxylation is 1. The topological polar surface area (TPSA) is 43.9 Å². The Morgan fingerprint density at radius 3 is 2.04 bits per heavy atom. The number of likely N-dealkylation sites (tertiary alicyclic amines) is 1. The maximum absolute atomic E-state index is 13.1. The van der Waals surface area contributed by atoms with Crippen LogP contribution in [0.5, 0.6) is 0 Å². The predicted octanol–water partition coefficient (Wildman–Crippen LogP) is 2.44. The standard InChI is InChI=1S/C21H29N3O2/c1-17-6-5-7-18(16-17)22-12-14-24(15-13-22)20(26)21(8-9-21)19(25)23-10-3-2-4-11-23/h5-7,16H,2-4,8-15H2,1H3. The number of piperazine rings is 1. The zero-order valence-corrected chi connectivity index (χ0v) is 15.7. The fourth-order valence-electron chi connectivity index (χ4n) is 4.34. The highest BCUT2D eigenvalue weighted by Crippen LogP contribution is 2.49. The van der Waals surface area contributed by atoms with Crippen LogP contribution >= 0.6 is 0 Å². The summed E-state index contributed by atoms with van der Waals surface area (Å²) in [6.07, 6.45) is 4.82. The molecule has 2 aliphatic heterocycles. The Morgan fingerprint density at radius 2 is 1.46 bits per heavy atom. The highest BCUT2D eigenvalue weighted by Gasteiger charge is 2.59. The summed E-state index contributed by atoms with van der Waals surface area (Å²) in [6, 6.07) is 8.51. The third-order valence-corrected chi connectivity index (χ3v) is 6.15. The molecule has 1 aromatic carbocycles. The number of hydrogen-bond donors (Lipinski definition) is 0. The minimum atomic E-state index is -0.719. The van der Waals surface area contributed by atoms with Crippen LogP contribution in [0.1, 0.15) is 37.7 Å². The molecule has 26 heavy (non-hydrogen) atoms. The van der Waals surface area contributed by atoms with Crippen LogP contribution in [0.2, 0.25) is 0 Å². The van der Waals surface area contributed by atoms with Crippen molar-refractivity contribution in [2.75, 3.05) is 44.2 Å². The van der Waals surface area contributed by atoms with Crippen molar-refractivity contribution in [3.8, 4) is 0 Å². The Morgan fingerprint density at radius 1 is 0.846 bits per heavy atom. The van der Waals surface area contributed by atoms with Crippen molar-refractivity contribution in [1.82, 2.24) is 9.80 Å². The maximum atomic E-state index is 13.1. The van der Waals surface area contributed by atoms with Gasteiger partial charge in [0.1, 0.15) is 5.41 Å². The smallest absolute Gasteiger partial charge is 0.238 e. The lowest BCUT2D eigenvalue weighted by Crippen LogP contribution is -2.54. The Hall–Kier alpha value is -2.04. The zero-order valence-electron chi connectivity index (χ0n) is 15.7. The van der Waals surface area contributed by atoms with Crippen molar-refractivity contribution in [1.29, 1.82) is 0 Å². The molecular weight excluding hydrogens is 326 g/mol. The quantitative estimate of drug-likeness (QED) is 0.782. The van der Waals surface area contributed by atoms with Gasteiger partial charge in [-0.1, -0.05) is 12.1 Å². The number of benzene rings is 1. The molecule has 0 atom stereocenters. The summed E-state index contributed by atoms with van der Waals surface area (Å²) in [5.74, 6) is 0.181. The van der Waals surface area contributed by atoms with Crippen LogP contribution in [0.15, 0.2) is 24.3 Å². The van der Waals surface area contributed by atoms with E-state index in [0.29, 0.717) is 13.1 Å². The highest BCUT2D eigenvalue weighted by atomic mass is 16.2. The molecule has 0 spiro atoms. The van der Waals surface area contributed by atoms with Gasteiger partial charge >= 0.3 is 0 Å². The number of anilines is 1.